The first-order chi connectivity index (χ1) is 12.1. The van der Waals surface area contributed by atoms with Gasteiger partial charge in [0.1, 0.15) is 0 Å². The van der Waals surface area contributed by atoms with Gasteiger partial charge in [-0.15, -0.1) is 11.3 Å². The maximum atomic E-state index is 12.4. The Morgan fingerprint density at radius 1 is 0.800 bits per heavy atom. The Morgan fingerprint density at radius 2 is 1.48 bits per heavy atom. The van der Waals surface area contributed by atoms with Gasteiger partial charge in [0.15, 0.2) is 0 Å². The highest BCUT2D eigenvalue weighted by molar-refractivity contribution is 7.14. The summed E-state index contributed by atoms with van der Waals surface area (Å²) in [5.41, 5.74) is 1.33. The molecule has 0 bridgehead atoms. The lowest BCUT2D eigenvalue weighted by atomic mass is 10.2. The second-order valence-electron chi connectivity index (χ2n) is 5.04. The van der Waals surface area contributed by atoms with Gasteiger partial charge in [0, 0.05) is 0 Å². The number of amides is 3. The fourth-order valence-corrected chi connectivity index (χ4v) is 2.99. The first-order valence-corrected chi connectivity index (χ1v) is 8.65. The van der Waals surface area contributed by atoms with Crippen molar-refractivity contribution in [1.82, 2.24) is 0 Å². The molecule has 5 nitrogen and oxygen atoms in total. The lowest BCUT2D eigenvalue weighted by Crippen LogP contribution is -2.20. The van der Waals surface area contributed by atoms with E-state index in [1.807, 2.05) is 11.4 Å². The highest BCUT2D eigenvalue weighted by Crippen LogP contribution is 2.24. The van der Waals surface area contributed by atoms with E-state index in [0.29, 0.717) is 22.0 Å². The molecule has 0 atom stereocenters. The van der Waals surface area contributed by atoms with Crippen LogP contribution in [-0.2, 0) is 0 Å². The van der Waals surface area contributed by atoms with Crippen LogP contribution < -0.4 is 16.0 Å². The van der Waals surface area contributed by atoms with Gasteiger partial charge in [-0.3, -0.25) is 10.1 Å². The second-order valence-corrected chi connectivity index (χ2v) is 6.39. The zero-order valence-corrected chi connectivity index (χ0v) is 14.5. The van der Waals surface area contributed by atoms with Crippen molar-refractivity contribution in [1.29, 1.82) is 0 Å². The molecule has 2 aromatic carbocycles. The second kappa shape index (κ2) is 7.83. The quantitative estimate of drug-likeness (QED) is 0.582. The van der Waals surface area contributed by atoms with Gasteiger partial charge in [-0.25, -0.2) is 4.79 Å². The number of para-hydroxylation sites is 2. The van der Waals surface area contributed by atoms with E-state index in [-0.39, 0.29) is 11.9 Å². The van der Waals surface area contributed by atoms with Crippen LogP contribution in [0.3, 0.4) is 0 Å². The molecule has 0 saturated heterocycles. The normalized spacial score (nSPS) is 10.1. The molecular weight excluding hydrogens is 358 g/mol. The van der Waals surface area contributed by atoms with Gasteiger partial charge >= 0.3 is 6.03 Å². The molecule has 3 aromatic rings. The van der Waals surface area contributed by atoms with Crippen LogP contribution in [-0.4, -0.2) is 11.9 Å². The highest BCUT2D eigenvalue weighted by atomic mass is 35.5. The van der Waals surface area contributed by atoms with Crippen molar-refractivity contribution in [3.05, 3.63) is 76.6 Å². The molecule has 0 spiro atoms. The molecule has 0 radical (unpaired) electrons. The van der Waals surface area contributed by atoms with Crippen LogP contribution in [0.4, 0.5) is 21.2 Å². The number of urea groups is 1. The minimum atomic E-state index is -0.387. The number of carbonyl (C=O) groups excluding carboxylic acids is 2. The molecule has 1 heterocycles. The summed E-state index contributed by atoms with van der Waals surface area (Å²) in [4.78, 5) is 24.5. The summed E-state index contributed by atoms with van der Waals surface area (Å²) in [6, 6.07) is 17.0. The van der Waals surface area contributed by atoms with Crippen LogP contribution in [0.25, 0.3) is 0 Å². The van der Waals surface area contributed by atoms with Gasteiger partial charge in [-0.05, 0) is 41.8 Å². The molecule has 3 N–H and O–H groups in total. The Labute approximate surface area is 153 Å². The highest BCUT2D eigenvalue weighted by Gasteiger charge is 2.13. The molecule has 0 unspecified atom stereocenters. The molecule has 3 rings (SSSR count). The Hall–Kier alpha value is -2.83. The fourth-order valence-electron chi connectivity index (χ4n) is 2.15. The summed E-state index contributed by atoms with van der Waals surface area (Å²) >= 11 is 7.47. The first-order valence-electron chi connectivity index (χ1n) is 7.40. The van der Waals surface area contributed by atoms with Crippen molar-refractivity contribution >= 4 is 51.3 Å². The lowest BCUT2D eigenvalue weighted by Gasteiger charge is -2.13. The summed E-state index contributed by atoms with van der Waals surface area (Å²) in [6.07, 6.45) is 0. The van der Waals surface area contributed by atoms with Crippen LogP contribution in [0.1, 0.15) is 10.4 Å². The number of thiophene rings is 1. The van der Waals surface area contributed by atoms with Gasteiger partial charge in [0.25, 0.3) is 5.91 Å². The third-order valence-corrected chi connectivity index (χ3v) is 4.41. The molecule has 0 fully saturated rings. The maximum absolute atomic E-state index is 12.4. The van der Waals surface area contributed by atoms with Gasteiger partial charge in [-0.1, -0.05) is 35.9 Å². The van der Waals surface area contributed by atoms with E-state index >= 15 is 0 Å². The predicted octanol–water partition coefficient (Wildman–Crippen LogP) is 5.30. The molecule has 0 aliphatic rings. The summed E-state index contributed by atoms with van der Waals surface area (Å²) in [7, 11) is 0. The summed E-state index contributed by atoms with van der Waals surface area (Å²) < 4.78 is 0. The van der Waals surface area contributed by atoms with Crippen molar-refractivity contribution in [2.75, 3.05) is 16.0 Å². The summed E-state index contributed by atoms with van der Waals surface area (Å²) in [5, 5.41) is 11.2. The number of nitrogens with one attached hydrogen (secondary N) is 3. The summed E-state index contributed by atoms with van der Waals surface area (Å²) in [6.45, 7) is 0. The first kappa shape index (κ1) is 17.0. The Morgan fingerprint density at radius 3 is 2.16 bits per heavy atom. The van der Waals surface area contributed by atoms with Crippen molar-refractivity contribution in [2.45, 2.75) is 0 Å². The SMILES string of the molecule is O=C(Nc1cccs1)Nc1ccccc1NC(=O)c1ccccc1Cl. The fraction of sp³-hybridized carbons (Fsp3) is 0. The number of anilines is 3. The van der Waals surface area contributed by atoms with E-state index in [4.69, 9.17) is 11.6 Å². The predicted molar refractivity (Wildman–Crippen MR) is 103 cm³/mol. The van der Waals surface area contributed by atoms with Crippen LogP contribution in [0.15, 0.2) is 66.0 Å². The molecule has 126 valence electrons. The number of hydrogen-bond donors (Lipinski definition) is 3. The van der Waals surface area contributed by atoms with E-state index in [9.17, 15) is 9.59 Å². The van der Waals surface area contributed by atoms with Gasteiger partial charge in [0.05, 0.1) is 27.0 Å². The maximum Gasteiger partial charge on any atom is 0.324 e. The monoisotopic (exact) mass is 371 g/mol. The van der Waals surface area contributed by atoms with Crippen molar-refractivity contribution in [3.63, 3.8) is 0 Å². The molecule has 0 saturated carbocycles. The number of benzene rings is 2. The van der Waals surface area contributed by atoms with Crippen LogP contribution in [0.5, 0.6) is 0 Å². The molecular formula is C18H14ClN3O2S. The number of carbonyl (C=O) groups is 2. The van der Waals surface area contributed by atoms with E-state index in [1.54, 1.807) is 54.6 Å². The van der Waals surface area contributed by atoms with Gasteiger partial charge in [-0.2, -0.15) is 0 Å². The molecule has 7 heteroatoms. The molecule has 1 aromatic heterocycles. The van der Waals surface area contributed by atoms with E-state index in [0.717, 1.165) is 5.00 Å². The minimum Gasteiger partial charge on any atom is -0.320 e. The van der Waals surface area contributed by atoms with Crippen molar-refractivity contribution in [3.8, 4) is 0 Å². The largest absolute Gasteiger partial charge is 0.324 e. The van der Waals surface area contributed by atoms with E-state index in [1.165, 1.54) is 11.3 Å². The average Bonchev–Trinajstić information content (AvgIpc) is 3.10. The third kappa shape index (κ3) is 4.37. The standard InChI is InChI=1S/C18H14ClN3O2S/c19-13-7-2-1-6-12(13)17(23)20-14-8-3-4-9-15(14)21-18(24)22-16-10-5-11-25-16/h1-11H,(H,20,23)(H2,21,22,24). The Kier molecular flexibility index (Phi) is 5.33. The lowest BCUT2D eigenvalue weighted by molar-refractivity contribution is 0.102. The number of rotatable bonds is 4. The van der Waals surface area contributed by atoms with E-state index in [2.05, 4.69) is 16.0 Å². The van der Waals surface area contributed by atoms with Crippen molar-refractivity contribution in [2.24, 2.45) is 0 Å². The summed E-state index contributed by atoms with van der Waals surface area (Å²) in [5.74, 6) is -0.349. The van der Waals surface area contributed by atoms with Crippen molar-refractivity contribution < 1.29 is 9.59 Å². The third-order valence-electron chi connectivity index (χ3n) is 3.30. The molecule has 25 heavy (non-hydrogen) atoms. The zero-order valence-electron chi connectivity index (χ0n) is 13.0. The van der Waals surface area contributed by atoms with Gasteiger partial charge in [0.2, 0.25) is 0 Å². The average molecular weight is 372 g/mol. The molecule has 0 aliphatic carbocycles. The van der Waals surface area contributed by atoms with Gasteiger partial charge < -0.3 is 10.6 Å². The zero-order chi connectivity index (χ0) is 17.6. The minimum absolute atomic E-state index is 0.349. The van der Waals surface area contributed by atoms with Crippen LogP contribution in [0, 0.1) is 0 Å². The van der Waals surface area contributed by atoms with E-state index < -0.39 is 0 Å². The van der Waals surface area contributed by atoms with Crippen LogP contribution >= 0.6 is 22.9 Å². The smallest absolute Gasteiger partial charge is 0.320 e. The Balaban J connectivity index is 1.73. The topological polar surface area (TPSA) is 70.2 Å². The van der Waals surface area contributed by atoms with Crippen LogP contribution in [0.2, 0.25) is 5.02 Å². The number of hydrogen-bond acceptors (Lipinski definition) is 3. The molecule has 0 aliphatic heterocycles. The number of halogens is 1. The Bertz CT molecular complexity index is 897. The molecule has 3 amide bonds.